The van der Waals surface area contributed by atoms with Crippen LogP contribution in [-0.4, -0.2) is 9.55 Å². The van der Waals surface area contributed by atoms with Gasteiger partial charge in [-0.1, -0.05) is 13.8 Å². The number of nitrogens with zero attached hydrogens (tertiary/aromatic N) is 2. The molecule has 1 aliphatic carbocycles. The van der Waals surface area contributed by atoms with E-state index in [0.717, 1.165) is 17.1 Å². The fraction of sp³-hybridized carbons (Fsp3) is 0.467. The molecule has 2 aromatic rings. The Balaban J connectivity index is 1.81. The highest BCUT2D eigenvalue weighted by Gasteiger charge is 2.25. The van der Waals surface area contributed by atoms with Gasteiger partial charge in [0.15, 0.2) is 5.43 Å². The lowest BCUT2D eigenvalue weighted by molar-refractivity contribution is 0.744. The van der Waals surface area contributed by atoms with Crippen molar-refractivity contribution in [2.24, 2.45) is 0 Å². The van der Waals surface area contributed by atoms with Crippen LogP contribution in [-0.2, 0) is 6.54 Å². The second-order valence-electron chi connectivity index (χ2n) is 5.53. The maximum atomic E-state index is 11.7. The molecule has 2 aromatic heterocycles. The van der Waals surface area contributed by atoms with Crippen LogP contribution in [0.25, 0.3) is 0 Å². The second kappa shape index (κ2) is 4.93. The topological polar surface area (TPSA) is 34.9 Å². The molecular formula is C15H18N2OS. The van der Waals surface area contributed by atoms with Crippen molar-refractivity contribution in [3.05, 3.63) is 50.3 Å². The molecular weight excluding hydrogens is 256 g/mol. The summed E-state index contributed by atoms with van der Waals surface area (Å²) in [6.07, 6.45) is 6.40. The van der Waals surface area contributed by atoms with E-state index >= 15 is 0 Å². The first-order valence-electron chi connectivity index (χ1n) is 6.78. The van der Waals surface area contributed by atoms with Crippen molar-refractivity contribution < 1.29 is 0 Å². The zero-order chi connectivity index (χ0) is 13.4. The van der Waals surface area contributed by atoms with Gasteiger partial charge in [-0.25, -0.2) is 4.98 Å². The molecule has 0 unspecified atom stereocenters. The van der Waals surface area contributed by atoms with Crippen molar-refractivity contribution in [2.75, 3.05) is 0 Å². The molecule has 0 saturated heterocycles. The van der Waals surface area contributed by atoms with E-state index in [-0.39, 0.29) is 11.3 Å². The average molecular weight is 274 g/mol. The molecule has 0 bridgehead atoms. The van der Waals surface area contributed by atoms with Gasteiger partial charge >= 0.3 is 0 Å². The molecule has 100 valence electrons. The number of rotatable bonds is 4. The van der Waals surface area contributed by atoms with Crippen LogP contribution in [0.1, 0.15) is 54.8 Å². The van der Waals surface area contributed by atoms with E-state index in [9.17, 15) is 4.79 Å². The van der Waals surface area contributed by atoms with E-state index in [1.165, 1.54) is 18.5 Å². The summed E-state index contributed by atoms with van der Waals surface area (Å²) < 4.78 is 2.06. The minimum Gasteiger partial charge on any atom is -0.347 e. The molecule has 1 aliphatic rings. The van der Waals surface area contributed by atoms with Crippen molar-refractivity contribution in [2.45, 2.75) is 45.1 Å². The second-order valence-corrected chi connectivity index (χ2v) is 6.47. The molecule has 0 aromatic carbocycles. The molecule has 19 heavy (non-hydrogen) atoms. The van der Waals surface area contributed by atoms with Gasteiger partial charge in [-0.05, 0) is 18.8 Å². The van der Waals surface area contributed by atoms with Crippen LogP contribution in [0.3, 0.4) is 0 Å². The third-order valence-corrected chi connectivity index (χ3v) is 4.36. The van der Waals surface area contributed by atoms with E-state index in [1.54, 1.807) is 17.4 Å². The number of thiazole rings is 1. The van der Waals surface area contributed by atoms with Gasteiger partial charge < -0.3 is 4.57 Å². The van der Waals surface area contributed by atoms with Crippen molar-refractivity contribution in [3.8, 4) is 0 Å². The summed E-state index contributed by atoms with van der Waals surface area (Å²) in [6.45, 7) is 4.86. The van der Waals surface area contributed by atoms with Crippen molar-refractivity contribution in [1.29, 1.82) is 0 Å². The molecule has 0 radical (unpaired) electrons. The van der Waals surface area contributed by atoms with Crippen molar-refractivity contribution >= 4 is 11.3 Å². The molecule has 0 amide bonds. The summed E-state index contributed by atoms with van der Waals surface area (Å²) in [5, 5.41) is 3.30. The Morgan fingerprint density at radius 3 is 2.95 bits per heavy atom. The Morgan fingerprint density at radius 1 is 1.47 bits per heavy atom. The van der Waals surface area contributed by atoms with E-state index < -0.39 is 0 Å². The van der Waals surface area contributed by atoms with E-state index in [4.69, 9.17) is 0 Å². The Hall–Kier alpha value is -1.42. The highest BCUT2D eigenvalue weighted by Crippen LogP contribution is 2.40. The molecule has 4 heteroatoms. The van der Waals surface area contributed by atoms with Crippen LogP contribution >= 0.6 is 11.3 Å². The first-order chi connectivity index (χ1) is 9.13. The summed E-state index contributed by atoms with van der Waals surface area (Å²) in [5.41, 5.74) is 2.26. The molecule has 3 nitrogen and oxygen atoms in total. The maximum Gasteiger partial charge on any atom is 0.184 e. The van der Waals surface area contributed by atoms with E-state index in [0.29, 0.717) is 5.92 Å². The number of aromatic nitrogens is 2. The number of hydrogen-bond acceptors (Lipinski definition) is 3. The summed E-state index contributed by atoms with van der Waals surface area (Å²) in [4.78, 5) is 16.4. The van der Waals surface area contributed by atoms with Crippen LogP contribution in [0.4, 0.5) is 0 Å². The van der Waals surface area contributed by atoms with Crippen molar-refractivity contribution in [3.63, 3.8) is 0 Å². The highest BCUT2D eigenvalue weighted by molar-refractivity contribution is 7.09. The van der Waals surface area contributed by atoms with E-state index in [1.807, 2.05) is 12.4 Å². The largest absolute Gasteiger partial charge is 0.347 e. The highest BCUT2D eigenvalue weighted by atomic mass is 32.1. The first kappa shape index (κ1) is 12.6. The van der Waals surface area contributed by atoms with Crippen LogP contribution in [0, 0.1) is 0 Å². The fourth-order valence-electron chi connectivity index (χ4n) is 2.20. The molecule has 0 N–H and O–H groups in total. The quantitative estimate of drug-likeness (QED) is 0.857. The minimum absolute atomic E-state index is 0.129. The van der Waals surface area contributed by atoms with Gasteiger partial charge in [-0.3, -0.25) is 4.79 Å². The molecule has 3 rings (SSSR count). The summed E-state index contributed by atoms with van der Waals surface area (Å²) >= 11 is 1.72. The third kappa shape index (κ3) is 2.78. The standard InChI is InChI=1S/C15H18N2OS/c1-10(2)12-7-17(6-5-14(12)18)8-15-16-13(9-19-15)11-3-4-11/h5-7,9-11H,3-4,8H2,1-2H3. The smallest absolute Gasteiger partial charge is 0.184 e. The zero-order valence-corrected chi connectivity index (χ0v) is 12.1. The van der Waals surface area contributed by atoms with Crippen LogP contribution in [0.5, 0.6) is 0 Å². The summed E-state index contributed by atoms with van der Waals surface area (Å²) in [7, 11) is 0. The SMILES string of the molecule is CC(C)c1cn(Cc2nc(C3CC3)cs2)ccc1=O. The third-order valence-electron chi connectivity index (χ3n) is 3.51. The van der Waals surface area contributed by atoms with Crippen LogP contribution in [0.15, 0.2) is 28.6 Å². The predicted molar refractivity (Wildman–Crippen MR) is 78.0 cm³/mol. The van der Waals surface area contributed by atoms with Crippen molar-refractivity contribution in [1.82, 2.24) is 9.55 Å². The van der Waals surface area contributed by atoms with Gasteiger partial charge in [0.25, 0.3) is 0 Å². The van der Waals surface area contributed by atoms with Crippen LogP contribution in [0.2, 0.25) is 0 Å². The van der Waals surface area contributed by atoms with Gasteiger partial charge in [-0.15, -0.1) is 11.3 Å². The Labute approximate surface area is 116 Å². The predicted octanol–water partition coefficient (Wildman–Crippen LogP) is 3.35. The molecule has 0 spiro atoms. The Bertz CT molecular complexity index is 638. The number of hydrogen-bond donors (Lipinski definition) is 0. The first-order valence-corrected chi connectivity index (χ1v) is 7.65. The van der Waals surface area contributed by atoms with E-state index in [2.05, 4.69) is 28.8 Å². The van der Waals surface area contributed by atoms with Gasteiger partial charge in [-0.2, -0.15) is 0 Å². The van der Waals surface area contributed by atoms with Gasteiger partial charge in [0.2, 0.25) is 0 Å². The number of pyridine rings is 1. The van der Waals surface area contributed by atoms with Gasteiger partial charge in [0, 0.05) is 35.3 Å². The molecule has 1 saturated carbocycles. The molecule has 0 atom stereocenters. The van der Waals surface area contributed by atoms with Gasteiger partial charge in [0.1, 0.15) is 5.01 Å². The molecule has 1 fully saturated rings. The lowest BCUT2D eigenvalue weighted by atomic mass is 10.1. The molecule has 2 heterocycles. The lowest BCUT2D eigenvalue weighted by Gasteiger charge is -2.09. The lowest BCUT2D eigenvalue weighted by Crippen LogP contribution is -2.13. The summed E-state index contributed by atoms with van der Waals surface area (Å²) in [5.74, 6) is 0.975. The maximum absolute atomic E-state index is 11.7. The summed E-state index contributed by atoms with van der Waals surface area (Å²) in [6, 6.07) is 1.66. The Morgan fingerprint density at radius 2 is 2.26 bits per heavy atom. The van der Waals surface area contributed by atoms with Crippen LogP contribution < -0.4 is 5.43 Å². The monoisotopic (exact) mass is 274 g/mol. The molecule has 0 aliphatic heterocycles. The minimum atomic E-state index is 0.129. The van der Waals surface area contributed by atoms with Gasteiger partial charge in [0.05, 0.1) is 12.2 Å². The Kier molecular flexibility index (Phi) is 3.27. The fourth-order valence-corrected chi connectivity index (χ4v) is 3.08. The normalized spacial score (nSPS) is 15.1. The average Bonchev–Trinajstić information content (AvgIpc) is 3.12. The zero-order valence-electron chi connectivity index (χ0n) is 11.3.